The van der Waals surface area contributed by atoms with Gasteiger partial charge in [0.05, 0.1) is 0 Å². The molecule has 1 aromatic rings. The first kappa shape index (κ1) is 9.90. The highest BCUT2D eigenvalue weighted by Gasteiger charge is 2.04. The fourth-order valence-corrected chi connectivity index (χ4v) is 1.12. The third kappa shape index (κ3) is 2.65. The second kappa shape index (κ2) is 4.17. The summed E-state index contributed by atoms with van der Waals surface area (Å²) in [5.41, 5.74) is 0.798. The Hall–Kier alpha value is -1.18. The van der Waals surface area contributed by atoms with Gasteiger partial charge < -0.3 is 0 Å². The quantitative estimate of drug-likeness (QED) is 0.629. The Morgan fingerprint density at radius 3 is 2.62 bits per heavy atom. The van der Waals surface area contributed by atoms with Gasteiger partial charge in [0.2, 0.25) is 0 Å². The van der Waals surface area contributed by atoms with Gasteiger partial charge in [-0.1, -0.05) is 19.1 Å². The summed E-state index contributed by atoms with van der Waals surface area (Å²) in [6.07, 6.45) is 2.49. The van der Waals surface area contributed by atoms with E-state index in [-0.39, 0.29) is 5.92 Å². The van der Waals surface area contributed by atoms with Crippen LogP contribution in [0.5, 0.6) is 0 Å². The van der Waals surface area contributed by atoms with E-state index in [0.717, 1.165) is 11.6 Å². The summed E-state index contributed by atoms with van der Waals surface area (Å²) in [6.45, 7) is 5.61. The molecule has 0 radical (unpaired) electrons. The first-order valence-electron chi connectivity index (χ1n) is 4.20. The van der Waals surface area contributed by atoms with Gasteiger partial charge in [-0.05, 0) is 30.0 Å². The van der Waals surface area contributed by atoms with Gasteiger partial charge in [-0.15, -0.1) is 6.58 Å². The van der Waals surface area contributed by atoms with Crippen LogP contribution in [0.25, 0.3) is 0 Å². The molecule has 0 fully saturated rings. The Balaban J connectivity index is 2.79. The molecule has 0 aliphatic carbocycles. The highest BCUT2D eigenvalue weighted by Crippen LogP contribution is 2.13. The van der Waals surface area contributed by atoms with Crippen LogP contribution in [0.1, 0.15) is 12.5 Å². The van der Waals surface area contributed by atoms with Crippen molar-refractivity contribution in [2.24, 2.45) is 5.92 Å². The second-order valence-electron chi connectivity index (χ2n) is 3.17. The summed E-state index contributed by atoms with van der Waals surface area (Å²) in [5, 5.41) is 0. The smallest absolute Gasteiger partial charge is 0.159 e. The van der Waals surface area contributed by atoms with Gasteiger partial charge in [0.1, 0.15) is 0 Å². The maximum Gasteiger partial charge on any atom is 0.159 e. The molecule has 1 unspecified atom stereocenters. The van der Waals surface area contributed by atoms with E-state index < -0.39 is 11.6 Å². The molecule has 0 amide bonds. The molecule has 2 heteroatoms. The number of rotatable bonds is 3. The summed E-state index contributed by atoms with van der Waals surface area (Å²) in [4.78, 5) is 0. The molecule has 0 saturated carbocycles. The zero-order valence-corrected chi connectivity index (χ0v) is 7.56. The lowest BCUT2D eigenvalue weighted by Gasteiger charge is -2.05. The highest BCUT2D eigenvalue weighted by molar-refractivity contribution is 5.18. The van der Waals surface area contributed by atoms with Crippen molar-refractivity contribution in [3.63, 3.8) is 0 Å². The fourth-order valence-electron chi connectivity index (χ4n) is 1.12. The molecule has 0 aliphatic rings. The van der Waals surface area contributed by atoms with Gasteiger partial charge >= 0.3 is 0 Å². The monoisotopic (exact) mass is 182 g/mol. The largest absolute Gasteiger partial charge is 0.204 e. The predicted octanol–water partition coefficient (Wildman–Crippen LogP) is 3.33. The van der Waals surface area contributed by atoms with Crippen LogP contribution in [0.2, 0.25) is 0 Å². The van der Waals surface area contributed by atoms with E-state index in [2.05, 4.69) is 6.58 Å². The molecular formula is C11H12F2. The normalized spacial score (nSPS) is 12.5. The van der Waals surface area contributed by atoms with Crippen molar-refractivity contribution in [3.8, 4) is 0 Å². The third-order valence-corrected chi connectivity index (χ3v) is 1.94. The van der Waals surface area contributed by atoms with Gasteiger partial charge in [-0.25, -0.2) is 8.78 Å². The minimum atomic E-state index is -0.796. The molecule has 0 heterocycles. The molecule has 0 nitrogen and oxygen atoms in total. The number of hydrogen-bond donors (Lipinski definition) is 0. The molecule has 0 aliphatic heterocycles. The van der Waals surface area contributed by atoms with Crippen LogP contribution in [0.3, 0.4) is 0 Å². The molecule has 1 rings (SSSR count). The average molecular weight is 182 g/mol. The molecule has 13 heavy (non-hydrogen) atoms. The van der Waals surface area contributed by atoms with Crippen molar-refractivity contribution in [1.82, 2.24) is 0 Å². The van der Waals surface area contributed by atoms with Gasteiger partial charge in [-0.3, -0.25) is 0 Å². The lowest BCUT2D eigenvalue weighted by molar-refractivity contribution is 0.506. The van der Waals surface area contributed by atoms with Crippen LogP contribution in [-0.2, 0) is 6.42 Å². The van der Waals surface area contributed by atoms with Crippen molar-refractivity contribution in [2.45, 2.75) is 13.3 Å². The van der Waals surface area contributed by atoms with Crippen LogP contribution < -0.4 is 0 Å². The van der Waals surface area contributed by atoms with E-state index in [0.29, 0.717) is 6.42 Å². The van der Waals surface area contributed by atoms with Crippen molar-refractivity contribution >= 4 is 0 Å². The van der Waals surface area contributed by atoms with Gasteiger partial charge in [-0.2, -0.15) is 0 Å². The van der Waals surface area contributed by atoms with Crippen LogP contribution >= 0.6 is 0 Å². The molecule has 0 aromatic heterocycles. The van der Waals surface area contributed by atoms with Crippen molar-refractivity contribution in [1.29, 1.82) is 0 Å². The molecule has 0 N–H and O–H groups in total. The van der Waals surface area contributed by atoms with E-state index in [9.17, 15) is 8.78 Å². The molecular weight excluding hydrogens is 170 g/mol. The first-order valence-corrected chi connectivity index (χ1v) is 4.20. The summed E-state index contributed by atoms with van der Waals surface area (Å²) in [5.74, 6) is -1.30. The average Bonchev–Trinajstić information content (AvgIpc) is 2.11. The van der Waals surface area contributed by atoms with Crippen LogP contribution in [0.15, 0.2) is 30.9 Å². The molecule has 1 aromatic carbocycles. The Kier molecular flexibility index (Phi) is 3.18. The summed E-state index contributed by atoms with van der Waals surface area (Å²) in [6, 6.07) is 3.98. The van der Waals surface area contributed by atoms with E-state index in [1.54, 1.807) is 12.1 Å². The zero-order valence-electron chi connectivity index (χ0n) is 7.56. The highest BCUT2D eigenvalue weighted by atomic mass is 19.2. The predicted molar refractivity (Wildman–Crippen MR) is 49.4 cm³/mol. The second-order valence-corrected chi connectivity index (χ2v) is 3.17. The molecule has 0 bridgehead atoms. The van der Waals surface area contributed by atoms with Crippen LogP contribution in [0.4, 0.5) is 8.78 Å². The van der Waals surface area contributed by atoms with E-state index in [4.69, 9.17) is 0 Å². The standard InChI is InChI=1S/C11H12F2/c1-3-8(2)6-9-4-5-10(12)11(13)7-9/h3-5,7-8H,1,6H2,2H3. The van der Waals surface area contributed by atoms with Gasteiger partial charge in [0.25, 0.3) is 0 Å². The van der Waals surface area contributed by atoms with Crippen molar-refractivity contribution in [3.05, 3.63) is 48.1 Å². The SMILES string of the molecule is C=CC(C)Cc1ccc(F)c(F)c1. The molecule has 1 atom stereocenters. The van der Waals surface area contributed by atoms with Gasteiger partial charge in [0, 0.05) is 0 Å². The van der Waals surface area contributed by atoms with E-state index in [1.807, 2.05) is 6.92 Å². The number of allylic oxidation sites excluding steroid dienone is 1. The zero-order chi connectivity index (χ0) is 9.84. The lowest BCUT2D eigenvalue weighted by Crippen LogP contribution is -1.96. The molecule has 70 valence electrons. The molecule has 0 spiro atoms. The Morgan fingerprint density at radius 1 is 1.38 bits per heavy atom. The number of halogens is 2. The summed E-state index contributed by atoms with van der Waals surface area (Å²) >= 11 is 0. The number of benzene rings is 1. The third-order valence-electron chi connectivity index (χ3n) is 1.94. The van der Waals surface area contributed by atoms with Crippen molar-refractivity contribution in [2.75, 3.05) is 0 Å². The van der Waals surface area contributed by atoms with E-state index in [1.165, 1.54) is 6.07 Å². The Bertz CT molecular complexity index is 305. The van der Waals surface area contributed by atoms with E-state index >= 15 is 0 Å². The Labute approximate surface area is 76.9 Å². The first-order chi connectivity index (χ1) is 6.13. The maximum atomic E-state index is 12.7. The summed E-state index contributed by atoms with van der Waals surface area (Å²) in [7, 11) is 0. The van der Waals surface area contributed by atoms with Gasteiger partial charge in [0.15, 0.2) is 11.6 Å². The summed E-state index contributed by atoms with van der Waals surface area (Å²) < 4.78 is 25.3. The molecule has 0 saturated heterocycles. The maximum absolute atomic E-state index is 12.7. The van der Waals surface area contributed by atoms with Crippen LogP contribution in [0, 0.1) is 17.6 Å². The van der Waals surface area contributed by atoms with Crippen molar-refractivity contribution < 1.29 is 8.78 Å². The minimum absolute atomic E-state index is 0.282. The topological polar surface area (TPSA) is 0 Å². The number of hydrogen-bond acceptors (Lipinski definition) is 0. The minimum Gasteiger partial charge on any atom is -0.204 e. The fraction of sp³-hybridized carbons (Fsp3) is 0.273. The van der Waals surface area contributed by atoms with Crippen LogP contribution in [-0.4, -0.2) is 0 Å². The Morgan fingerprint density at radius 2 is 2.08 bits per heavy atom. The lowest BCUT2D eigenvalue weighted by atomic mass is 10.0.